The summed E-state index contributed by atoms with van der Waals surface area (Å²) >= 11 is 0. The zero-order valence-electron chi connectivity index (χ0n) is 13.2. The SMILES string of the molecule is CCCCCCCCCS(=O)(=O)Cc1ccccc1[N+](=O)[O-]. The molecule has 0 aliphatic carbocycles. The van der Waals surface area contributed by atoms with Crippen molar-refractivity contribution < 1.29 is 13.3 Å². The summed E-state index contributed by atoms with van der Waals surface area (Å²) in [6.45, 7) is 2.16. The molecule has 0 saturated heterocycles. The van der Waals surface area contributed by atoms with Crippen molar-refractivity contribution in [3.05, 3.63) is 39.9 Å². The van der Waals surface area contributed by atoms with Crippen LogP contribution in [0.25, 0.3) is 0 Å². The molecule has 22 heavy (non-hydrogen) atoms. The van der Waals surface area contributed by atoms with Crippen LogP contribution in [-0.2, 0) is 15.6 Å². The monoisotopic (exact) mass is 327 g/mol. The molecule has 0 bridgehead atoms. The Morgan fingerprint density at radius 1 is 1.00 bits per heavy atom. The molecule has 0 aromatic heterocycles. The summed E-state index contributed by atoms with van der Waals surface area (Å²) < 4.78 is 24.2. The molecular formula is C16H25NO4S. The Kier molecular flexibility index (Phi) is 8.09. The normalized spacial score (nSPS) is 11.5. The summed E-state index contributed by atoms with van der Waals surface area (Å²) in [5.41, 5.74) is 0.154. The van der Waals surface area contributed by atoms with Gasteiger partial charge in [0.1, 0.15) is 0 Å². The van der Waals surface area contributed by atoms with Crippen molar-refractivity contribution in [3.63, 3.8) is 0 Å². The predicted octanol–water partition coefficient (Wildman–Crippen LogP) is 4.26. The van der Waals surface area contributed by atoms with Gasteiger partial charge in [-0.2, -0.15) is 0 Å². The van der Waals surface area contributed by atoms with E-state index in [0.29, 0.717) is 6.42 Å². The predicted molar refractivity (Wildman–Crippen MR) is 88.6 cm³/mol. The second-order valence-electron chi connectivity index (χ2n) is 5.60. The van der Waals surface area contributed by atoms with Crippen LogP contribution in [0.15, 0.2) is 24.3 Å². The molecular weight excluding hydrogens is 302 g/mol. The van der Waals surface area contributed by atoms with Gasteiger partial charge in [-0.05, 0) is 6.42 Å². The zero-order chi connectivity index (χ0) is 16.4. The first kappa shape index (κ1) is 18.6. The average Bonchev–Trinajstić information content (AvgIpc) is 2.46. The van der Waals surface area contributed by atoms with Gasteiger partial charge >= 0.3 is 0 Å². The molecule has 1 aromatic carbocycles. The van der Waals surface area contributed by atoms with E-state index in [9.17, 15) is 18.5 Å². The van der Waals surface area contributed by atoms with E-state index < -0.39 is 14.8 Å². The largest absolute Gasteiger partial charge is 0.273 e. The molecule has 0 aliphatic heterocycles. The van der Waals surface area contributed by atoms with Gasteiger partial charge in [0.2, 0.25) is 0 Å². The Balaban J connectivity index is 2.43. The van der Waals surface area contributed by atoms with Crippen molar-refractivity contribution >= 4 is 15.5 Å². The van der Waals surface area contributed by atoms with Crippen molar-refractivity contribution in [2.45, 2.75) is 57.6 Å². The molecule has 124 valence electrons. The topological polar surface area (TPSA) is 77.3 Å². The highest BCUT2D eigenvalue weighted by Crippen LogP contribution is 2.21. The number of nitro groups is 1. The summed E-state index contributed by atoms with van der Waals surface area (Å²) in [4.78, 5) is 10.4. The van der Waals surface area contributed by atoms with Gasteiger partial charge < -0.3 is 0 Å². The van der Waals surface area contributed by atoms with Crippen molar-refractivity contribution in [1.29, 1.82) is 0 Å². The minimum atomic E-state index is -3.29. The fraction of sp³-hybridized carbons (Fsp3) is 0.625. The number of hydrogen-bond acceptors (Lipinski definition) is 4. The number of benzene rings is 1. The van der Waals surface area contributed by atoms with Gasteiger partial charge in [-0.1, -0.05) is 63.6 Å². The fourth-order valence-electron chi connectivity index (χ4n) is 2.40. The number of hydrogen-bond donors (Lipinski definition) is 0. The van der Waals surface area contributed by atoms with E-state index in [1.165, 1.54) is 31.4 Å². The van der Waals surface area contributed by atoms with Crippen LogP contribution < -0.4 is 0 Å². The maximum atomic E-state index is 12.1. The molecule has 0 atom stereocenters. The molecule has 0 fully saturated rings. The average molecular weight is 327 g/mol. The molecule has 6 heteroatoms. The Bertz CT molecular complexity index is 569. The lowest BCUT2D eigenvalue weighted by Crippen LogP contribution is -2.10. The quantitative estimate of drug-likeness (QED) is 0.345. The molecule has 0 N–H and O–H groups in total. The third kappa shape index (κ3) is 7.02. The van der Waals surface area contributed by atoms with E-state index in [1.807, 2.05) is 0 Å². The highest BCUT2D eigenvalue weighted by molar-refractivity contribution is 7.90. The van der Waals surface area contributed by atoms with Gasteiger partial charge in [-0.25, -0.2) is 8.42 Å². The van der Waals surface area contributed by atoms with Gasteiger partial charge in [-0.15, -0.1) is 0 Å². The Hall–Kier alpha value is -1.43. The maximum absolute atomic E-state index is 12.1. The molecule has 1 aromatic rings. The van der Waals surface area contributed by atoms with Crippen LogP contribution in [0, 0.1) is 10.1 Å². The number of rotatable bonds is 11. The van der Waals surface area contributed by atoms with E-state index >= 15 is 0 Å². The van der Waals surface area contributed by atoms with Crippen LogP contribution in [0.2, 0.25) is 0 Å². The van der Waals surface area contributed by atoms with Gasteiger partial charge in [-0.3, -0.25) is 10.1 Å². The van der Waals surface area contributed by atoms with Gasteiger partial charge in [0.25, 0.3) is 5.69 Å². The highest BCUT2D eigenvalue weighted by atomic mass is 32.2. The summed E-state index contributed by atoms with van der Waals surface area (Å²) in [6, 6.07) is 6.04. The Morgan fingerprint density at radius 2 is 1.59 bits per heavy atom. The lowest BCUT2D eigenvalue weighted by molar-refractivity contribution is -0.385. The number of unbranched alkanes of at least 4 members (excludes halogenated alkanes) is 6. The summed E-state index contributed by atoms with van der Waals surface area (Å²) in [6.07, 6.45) is 7.38. The van der Waals surface area contributed by atoms with E-state index in [2.05, 4.69) is 6.92 Å². The molecule has 0 radical (unpaired) electrons. The summed E-state index contributed by atoms with van der Waals surface area (Å²) in [5.74, 6) is -0.146. The lowest BCUT2D eigenvalue weighted by Gasteiger charge is -2.05. The minimum Gasteiger partial charge on any atom is -0.258 e. The second-order valence-corrected chi connectivity index (χ2v) is 7.78. The Labute approximate surface area is 132 Å². The molecule has 5 nitrogen and oxygen atoms in total. The number of para-hydroxylation sites is 1. The van der Waals surface area contributed by atoms with E-state index in [0.717, 1.165) is 19.3 Å². The summed E-state index contributed by atoms with van der Waals surface area (Å²) in [7, 11) is -3.29. The van der Waals surface area contributed by atoms with Crippen LogP contribution in [0.3, 0.4) is 0 Å². The standard InChI is InChI=1S/C16H25NO4S/c1-2-3-4-5-6-7-10-13-22(20,21)14-15-11-8-9-12-16(15)17(18)19/h8-9,11-12H,2-7,10,13-14H2,1H3. The van der Waals surface area contributed by atoms with Crippen LogP contribution in [-0.4, -0.2) is 19.1 Å². The molecule has 0 heterocycles. The van der Waals surface area contributed by atoms with Crippen molar-refractivity contribution in [2.24, 2.45) is 0 Å². The second kappa shape index (κ2) is 9.56. The third-order valence-corrected chi connectivity index (χ3v) is 5.28. The molecule has 0 spiro atoms. The fourth-order valence-corrected chi connectivity index (χ4v) is 3.91. The van der Waals surface area contributed by atoms with Gasteiger partial charge in [0.05, 0.1) is 16.4 Å². The van der Waals surface area contributed by atoms with Crippen LogP contribution in [0.5, 0.6) is 0 Å². The van der Waals surface area contributed by atoms with E-state index in [4.69, 9.17) is 0 Å². The van der Waals surface area contributed by atoms with Gasteiger partial charge in [0, 0.05) is 11.6 Å². The van der Waals surface area contributed by atoms with Crippen LogP contribution in [0.1, 0.15) is 57.4 Å². The highest BCUT2D eigenvalue weighted by Gasteiger charge is 2.19. The van der Waals surface area contributed by atoms with Crippen molar-refractivity contribution in [2.75, 3.05) is 5.75 Å². The first-order valence-corrected chi connectivity index (χ1v) is 9.71. The lowest BCUT2D eigenvalue weighted by atomic mass is 10.1. The third-order valence-electron chi connectivity index (χ3n) is 3.62. The van der Waals surface area contributed by atoms with E-state index in [1.54, 1.807) is 12.1 Å². The number of sulfone groups is 1. The minimum absolute atomic E-state index is 0.104. The first-order chi connectivity index (χ1) is 10.5. The van der Waals surface area contributed by atoms with Crippen molar-refractivity contribution in [1.82, 2.24) is 0 Å². The molecule has 1 rings (SSSR count). The Morgan fingerprint density at radius 3 is 2.23 bits per heavy atom. The van der Waals surface area contributed by atoms with Crippen LogP contribution in [0.4, 0.5) is 5.69 Å². The molecule has 0 saturated carbocycles. The molecule has 0 unspecified atom stereocenters. The molecule has 0 aliphatic rings. The van der Waals surface area contributed by atoms with Crippen molar-refractivity contribution in [3.8, 4) is 0 Å². The van der Waals surface area contributed by atoms with Crippen LogP contribution >= 0.6 is 0 Å². The zero-order valence-corrected chi connectivity index (χ0v) is 14.0. The van der Waals surface area contributed by atoms with E-state index in [-0.39, 0.29) is 22.8 Å². The smallest absolute Gasteiger partial charge is 0.258 e. The first-order valence-electron chi connectivity index (χ1n) is 7.89. The summed E-state index contributed by atoms with van der Waals surface area (Å²) in [5, 5.41) is 10.9. The molecule has 0 amide bonds. The number of nitrogens with zero attached hydrogens (tertiary/aromatic N) is 1. The van der Waals surface area contributed by atoms with Gasteiger partial charge in [0.15, 0.2) is 9.84 Å². The maximum Gasteiger partial charge on any atom is 0.273 e. The number of nitro benzene ring substituents is 1.